The maximum atomic E-state index is 12.0. The summed E-state index contributed by atoms with van der Waals surface area (Å²) in [4.78, 5) is 6.34. The summed E-state index contributed by atoms with van der Waals surface area (Å²) in [5.41, 5.74) is 3.20. The molecule has 0 aliphatic rings. The van der Waals surface area contributed by atoms with Crippen molar-refractivity contribution in [2.24, 2.45) is 7.05 Å². The van der Waals surface area contributed by atoms with Gasteiger partial charge in [0.2, 0.25) is 5.16 Å². The lowest BCUT2D eigenvalue weighted by atomic mass is 10.1. The molecule has 2 N–H and O–H groups in total. The van der Waals surface area contributed by atoms with Crippen molar-refractivity contribution in [2.75, 3.05) is 0 Å². The number of hydrogen-bond donors (Lipinski definition) is 2. The number of benzene rings is 1. The summed E-state index contributed by atoms with van der Waals surface area (Å²) in [5, 5.41) is 1.03. The molecule has 0 bridgehead atoms. The number of hydrogen-bond acceptors (Lipinski definition) is 3. The molecule has 3 aromatic rings. The molecule has 0 unspecified atom stereocenters. The minimum absolute atomic E-state index is 0.0702. The van der Waals surface area contributed by atoms with Crippen molar-refractivity contribution in [1.29, 1.82) is 0 Å². The van der Waals surface area contributed by atoms with E-state index < -0.39 is 10.0 Å². The number of imidazole rings is 1. The van der Waals surface area contributed by atoms with Crippen LogP contribution in [0.15, 0.2) is 41.8 Å². The Balaban J connectivity index is 1.83. The Morgan fingerprint density at radius 1 is 1.33 bits per heavy atom. The second kappa shape index (κ2) is 5.01. The van der Waals surface area contributed by atoms with E-state index in [4.69, 9.17) is 0 Å². The van der Waals surface area contributed by atoms with Gasteiger partial charge in [-0.15, -0.1) is 0 Å². The highest BCUT2D eigenvalue weighted by Gasteiger charge is 2.16. The van der Waals surface area contributed by atoms with Gasteiger partial charge in [-0.2, -0.15) is 0 Å². The van der Waals surface area contributed by atoms with Crippen molar-refractivity contribution in [3.8, 4) is 0 Å². The Kier molecular flexibility index (Phi) is 3.30. The predicted octanol–water partition coefficient (Wildman–Crippen LogP) is 1.69. The molecule has 6 nitrogen and oxygen atoms in total. The van der Waals surface area contributed by atoms with E-state index in [0.717, 1.165) is 16.5 Å². The normalized spacial score (nSPS) is 12.1. The lowest BCUT2D eigenvalue weighted by Gasteiger charge is -2.05. The van der Waals surface area contributed by atoms with Crippen LogP contribution in [-0.4, -0.2) is 23.0 Å². The first-order chi connectivity index (χ1) is 9.97. The number of H-pyrrole nitrogens is 1. The van der Waals surface area contributed by atoms with Crippen molar-refractivity contribution < 1.29 is 8.42 Å². The van der Waals surface area contributed by atoms with E-state index in [0.29, 0.717) is 0 Å². The number of aryl methyl sites for hydroxylation is 2. The van der Waals surface area contributed by atoms with Crippen molar-refractivity contribution in [2.45, 2.75) is 18.6 Å². The van der Waals surface area contributed by atoms with Crippen molar-refractivity contribution >= 4 is 20.9 Å². The van der Waals surface area contributed by atoms with Crippen molar-refractivity contribution in [3.63, 3.8) is 0 Å². The highest BCUT2D eigenvalue weighted by Crippen LogP contribution is 2.20. The molecule has 0 saturated carbocycles. The van der Waals surface area contributed by atoms with Gasteiger partial charge in [-0.25, -0.2) is 18.1 Å². The van der Waals surface area contributed by atoms with E-state index in [2.05, 4.69) is 25.3 Å². The third-order valence-electron chi connectivity index (χ3n) is 3.54. The first-order valence-electron chi connectivity index (χ1n) is 6.51. The monoisotopic (exact) mass is 304 g/mol. The molecule has 0 saturated heterocycles. The fourth-order valence-corrected chi connectivity index (χ4v) is 3.21. The number of aromatic nitrogens is 3. The number of sulfonamides is 1. The lowest BCUT2D eigenvalue weighted by molar-refractivity contribution is 0.574. The standard InChI is InChI=1S/C14H16N4O2S/c1-10-7-12-8-11(3-4-13(12)18(10)2)9-17-21(19,20)14-15-5-6-16-14/h3-8,17H,9H2,1-2H3,(H,15,16). The number of fused-ring (bicyclic) bond motifs is 1. The molecule has 0 aliphatic carbocycles. The van der Waals surface area contributed by atoms with E-state index in [1.165, 1.54) is 18.1 Å². The average Bonchev–Trinajstić information content (AvgIpc) is 3.07. The molecule has 1 aromatic carbocycles. The first-order valence-corrected chi connectivity index (χ1v) is 8.00. The van der Waals surface area contributed by atoms with Crippen molar-refractivity contribution in [1.82, 2.24) is 19.3 Å². The van der Waals surface area contributed by atoms with E-state index >= 15 is 0 Å². The van der Waals surface area contributed by atoms with Gasteiger partial charge in [-0.1, -0.05) is 6.07 Å². The van der Waals surface area contributed by atoms with Gasteiger partial charge in [0.05, 0.1) is 0 Å². The number of aromatic amines is 1. The largest absolute Gasteiger partial charge is 0.348 e. The topological polar surface area (TPSA) is 79.8 Å². The van der Waals surface area contributed by atoms with E-state index in [-0.39, 0.29) is 11.7 Å². The van der Waals surface area contributed by atoms with Crippen LogP contribution in [0.4, 0.5) is 0 Å². The first kappa shape index (κ1) is 13.8. The van der Waals surface area contributed by atoms with Gasteiger partial charge in [0.15, 0.2) is 0 Å². The highest BCUT2D eigenvalue weighted by atomic mass is 32.2. The van der Waals surface area contributed by atoms with Gasteiger partial charge in [0.25, 0.3) is 10.0 Å². The van der Waals surface area contributed by atoms with Crippen LogP contribution < -0.4 is 4.72 Å². The zero-order chi connectivity index (χ0) is 15.0. The summed E-state index contributed by atoms with van der Waals surface area (Å²) in [6.45, 7) is 2.27. The summed E-state index contributed by atoms with van der Waals surface area (Å²) in [7, 11) is -1.58. The molecule has 0 amide bonds. The number of rotatable bonds is 4. The second-order valence-electron chi connectivity index (χ2n) is 4.96. The maximum Gasteiger partial charge on any atom is 0.274 e. The van der Waals surface area contributed by atoms with Crippen LogP contribution in [-0.2, 0) is 23.6 Å². The molecule has 21 heavy (non-hydrogen) atoms. The maximum absolute atomic E-state index is 12.0. The van der Waals surface area contributed by atoms with Crippen LogP contribution in [0.3, 0.4) is 0 Å². The SMILES string of the molecule is Cc1cc2cc(CNS(=O)(=O)c3ncc[nH]3)ccc2n1C. The third-order valence-corrected chi connectivity index (χ3v) is 4.80. The molecule has 7 heteroatoms. The smallest absolute Gasteiger partial charge is 0.274 e. The van der Waals surface area contributed by atoms with E-state index in [1.807, 2.05) is 32.2 Å². The molecule has 0 fully saturated rings. The highest BCUT2D eigenvalue weighted by molar-refractivity contribution is 7.89. The molecule has 2 aromatic heterocycles. The van der Waals surface area contributed by atoms with E-state index in [9.17, 15) is 8.42 Å². The number of nitrogens with one attached hydrogen (secondary N) is 2. The molecule has 0 spiro atoms. The number of nitrogens with zero attached hydrogens (tertiary/aromatic N) is 2. The summed E-state index contributed by atoms with van der Waals surface area (Å²) >= 11 is 0. The fourth-order valence-electron chi connectivity index (χ4n) is 2.29. The molecule has 3 rings (SSSR count). The zero-order valence-corrected chi connectivity index (χ0v) is 12.6. The lowest BCUT2D eigenvalue weighted by Crippen LogP contribution is -2.24. The van der Waals surface area contributed by atoms with Gasteiger partial charge >= 0.3 is 0 Å². The predicted molar refractivity (Wildman–Crippen MR) is 80.3 cm³/mol. The van der Waals surface area contributed by atoms with Gasteiger partial charge in [0.1, 0.15) is 0 Å². The average molecular weight is 304 g/mol. The van der Waals surface area contributed by atoms with Gasteiger partial charge in [0, 0.05) is 42.6 Å². The third kappa shape index (κ3) is 2.57. The molecule has 0 atom stereocenters. The zero-order valence-electron chi connectivity index (χ0n) is 11.8. The van der Waals surface area contributed by atoms with Crippen LogP contribution in [0, 0.1) is 6.92 Å². The molecular formula is C14H16N4O2S. The molecule has 0 radical (unpaired) electrons. The minimum Gasteiger partial charge on any atom is -0.348 e. The summed E-state index contributed by atoms with van der Waals surface area (Å²) in [6, 6.07) is 8.00. The quantitative estimate of drug-likeness (QED) is 0.769. The summed E-state index contributed by atoms with van der Waals surface area (Å²) in [6.07, 6.45) is 2.89. The van der Waals surface area contributed by atoms with Crippen LogP contribution in [0.1, 0.15) is 11.3 Å². The summed E-state index contributed by atoms with van der Waals surface area (Å²) in [5.74, 6) is 0. The van der Waals surface area contributed by atoms with Crippen LogP contribution in [0.2, 0.25) is 0 Å². The van der Waals surface area contributed by atoms with Gasteiger partial charge in [-0.3, -0.25) is 0 Å². The molecule has 2 heterocycles. The van der Waals surface area contributed by atoms with E-state index in [1.54, 1.807) is 0 Å². The Morgan fingerprint density at radius 3 is 2.86 bits per heavy atom. The minimum atomic E-state index is -3.59. The van der Waals surface area contributed by atoms with Crippen LogP contribution in [0.25, 0.3) is 10.9 Å². The molecule has 110 valence electrons. The second-order valence-corrected chi connectivity index (χ2v) is 6.64. The van der Waals surface area contributed by atoms with Crippen LogP contribution in [0.5, 0.6) is 0 Å². The Bertz CT molecular complexity index is 879. The Labute approximate surface area is 122 Å². The fraction of sp³-hybridized carbons (Fsp3) is 0.214. The van der Waals surface area contributed by atoms with Crippen LogP contribution >= 0.6 is 0 Å². The van der Waals surface area contributed by atoms with Gasteiger partial charge in [-0.05, 0) is 30.7 Å². The Hall–Kier alpha value is -2.12. The summed E-state index contributed by atoms with van der Waals surface area (Å²) < 4.78 is 28.6. The molecular weight excluding hydrogens is 288 g/mol. The van der Waals surface area contributed by atoms with Crippen molar-refractivity contribution in [3.05, 3.63) is 47.9 Å². The van der Waals surface area contributed by atoms with Gasteiger partial charge < -0.3 is 9.55 Å². The Morgan fingerprint density at radius 2 is 2.14 bits per heavy atom. The molecule has 0 aliphatic heterocycles.